The second-order valence-electron chi connectivity index (χ2n) is 5.85. The van der Waals surface area contributed by atoms with Crippen LogP contribution in [0.3, 0.4) is 0 Å². The summed E-state index contributed by atoms with van der Waals surface area (Å²) in [7, 11) is 0. The molecule has 5 heteroatoms. The number of nitrogen functional groups attached to an aromatic ring is 1. The number of nitrogens with one attached hydrogen (secondary N) is 1. The van der Waals surface area contributed by atoms with Gasteiger partial charge in [0, 0.05) is 11.2 Å². The summed E-state index contributed by atoms with van der Waals surface area (Å²) in [5, 5.41) is 2.85. The second kappa shape index (κ2) is 6.61. The Bertz CT molecular complexity index is 538. The monoisotopic (exact) mass is 292 g/mol. The van der Waals surface area contributed by atoms with Crippen molar-refractivity contribution in [3.05, 3.63) is 29.3 Å². The highest BCUT2D eigenvalue weighted by atomic mass is 16.5. The molecule has 1 aromatic carbocycles. The van der Waals surface area contributed by atoms with Crippen molar-refractivity contribution in [2.75, 3.05) is 5.73 Å². The predicted molar refractivity (Wildman–Crippen MR) is 83.0 cm³/mol. The third-order valence-electron chi connectivity index (χ3n) is 3.47. The van der Waals surface area contributed by atoms with Crippen molar-refractivity contribution in [2.24, 2.45) is 0 Å². The van der Waals surface area contributed by atoms with Crippen LogP contribution in [-0.2, 0) is 9.53 Å². The normalized spacial score (nSPS) is 12.6. The van der Waals surface area contributed by atoms with E-state index in [9.17, 15) is 9.59 Å². The highest BCUT2D eigenvalue weighted by Gasteiger charge is 2.25. The molecule has 5 nitrogen and oxygen atoms in total. The van der Waals surface area contributed by atoms with Gasteiger partial charge < -0.3 is 15.8 Å². The van der Waals surface area contributed by atoms with Crippen LogP contribution in [0.2, 0.25) is 0 Å². The van der Waals surface area contributed by atoms with E-state index in [-0.39, 0.29) is 11.4 Å². The molecule has 1 aromatic rings. The molecule has 0 heterocycles. The van der Waals surface area contributed by atoms with E-state index in [1.165, 1.54) is 0 Å². The van der Waals surface area contributed by atoms with Gasteiger partial charge in [0.2, 0.25) is 0 Å². The lowest BCUT2D eigenvalue weighted by Crippen LogP contribution is -2.47. The number of aryl methyl sites for hydroxylation is 1. The van der Waals surface area contributed by atoms with Gasteiger partial charge in [-0.3, -0.25) is 4.79 Å². The highest BCUT2D eigenvalue weighted by molar-refractivity contribution is 5.93. The van der Waals surface area contributed by atoms with Gasteiger partial charge >= 0.3 is 5.97 Å². The number of amides is 1. The lowest BCUT2D eigenvalue weighted by atomic mass is 10.0. The lowest BCUT2D eigenvalue weighted by molar-refractivity contribution is -0.130. The van der Waals surface area contributed by atoms with Gasteiger partial charge in [0.1, 0.15) is 0 Å². The molecule has 3 N–H and O–H groups in total. The van der Waals surface area contributed by atoms with Crippen molar-refractivity contribution in [3.8, 4) is 0 Å². The quantitative estimate of drug-likeness (QED) is 0.645. The maximum atomic E-state index is 12.1. The Morgan fingerprint density at radius 3 is 2.52 bits per heavy atom. The van der Waals surface area contributed by atoms with Crippen molar-refractivity contribution < 1.29 is 14.3 Å². The van der Waals surface area contributed by atoms with Crippen molar-refractivity contribution in [1.29, 1.82) is 0 Å². The third-order valence-corrected chi connectivity index (χ3v) is 3.47. The molecule has 0 aliphatic heterocycles. The third kappa shape index (κ3) is 4.77. The van der Waals surface area contributed by atoms with Gasteiger partial charge in [0.15, 0.2) is 6.10 Å². The van der Waals surface area contributed by atoms with Crippen LogP contribution in [-0.4, -0.2) is 23.5 Å². The molecular formula is C16H24N2O3. The van der Waals surface area contributed by atoms with Gasteiger partial charge in [-0.25, -0.2) is 4.79 Å². The van der Waals surface area contributed by atoms with Gasteiger partial charge in [-0.15, -0.1) is 0 Å². The number of ether oxygens (including phenoxy) is 1. The fourth-order valence-electron chi connectivity index (χ4n) is 1.72. The van der Waals surface area contributed by atoms with E-state index >= 15 is 0 Å². The molecule has 0 saturated heterocycles. The largest absolute Gasteiger partial charge is 0.449 e. The average Bonchev–Trinajstić information content (AvgIpc) is 2.37. The van der Waals surface area contributed by atoms with Gasteiger partial charge in [-0.05, 0) is 57.9 Å². The molecule has 1 atom stereocenters. The lowest BCUT2D eigenvalue weighted by Gasteiger charge is -2.26. The molecule has 0 aromatic heterocycles. The number of carbonyl (C=O) groups is 2. The molecule has 0 radical (unpaired) electrons. The minimum Gasteiger partial charge on any atom is -0.449 e. The maximum absolute atomic E-state index is 12.1. The van der Waals surface area contributed by atoms with Gasteiger partial charge in [-0.1, -0.05) is 6.92 Å². The SMILES string of the molecule is CCC(C)(C)NC(=O)C(C)OC(=O)c1ccc(N)cc1C. The summed E-state index contributed by atoms with van der Waals surface area (Å²) in [5.41, 5.74) is 7.04. The van der Waals surface area contributed by atoms with Crippen LogP contribution in [0.1, 0.15) is 50.0 Å². The molecule has 0 spiro atoms. The first kappa shape index (κ1) is 17.0. The topological polar surface area (TPSA) is 81.4 Å². The predicted octanol–water partition coefficient (Wildman–Crippen LogP) is 2.43. The second-order valence-corrected chi connectivity index (χ2v) is 5.85. The Labute approximate surface area is 125 Å². The number of rotatable bonds is 5. The summed E-state index contributed by atoms with van der Waals surface area (Å²) in [6, 6.07) is 4.93. The zero-order valence-corrected chi connectivity index (χ0v) is 13.3. The number of benzene rings is 1. The van der Waals surface area contributed by atoms with E-state index in [4.69, 9.17) is 10.5 Å². The molecule has 1 amide bonds. The molecule has 0 saturated carbocycles. The molecule has 0 aliphatic rings. The molecule has 0 bridgehead atoms. The number of nitrogens with two attached hydrogens (primary N) is 1. The van der Waals surface area contributed by atoms with Crippen molar-refractivity contribution >= 4 is 17.6 Å². The molecule has 1 unspecified atom stereocenters. The van der Waals surface area contributed by atoms with Crippen LogP contribution in [0, 0.1) is 6.92 Å². The van der Waals surface area contributed by atoms with Crippen LogP contribution in [0.25, 0.3) is 0 Å². The Kier molecular flexibility index (Phi) is 5.35. The van der Waals surface area contributed by atoms with Crippen LogP contribution in [0.15, 0.2) is 18.2 Å². The number of esters is 1. The minimum absolute atomic E-state index is 0.303. The average molecular weight is 292 g/mol. The van der Waals surface area contributed by atoms with Crippen molar-refractivity contribution in [3.63, 3.8) is 0 Å². The van der Waals surface area contributed by atoms with Crippen molar-refractivity contribution in [1.82, 2.24) is 5.32 Å². The van der Waals surface area contributed by atoms with E-state index in [1.54, 1.807) is 32.0 Å². The van der Waals surface area contributed by atoms with Gasteiger partial charge in [0.25, 0.3) is 5.91 Å². The minimum atomic E-state index is -0.847. The number of anilines is 1. The van der Waals surface area contributed by atoms with E-state index in [0.717, 1.165) is 12.0 Å². The summed E-state index contributed by atoms with van der Waals surface area (Å²) in [5.74, 6) is -0.826. The molecule has 0 fully saturated rings. The standard InChI is InChI=1S/C16H24N2O3/c1-6-16(4,5)18-14(19)11(3)21-15(20)13-8-7-12(17)9-10(13)2/h7-9,11H,6,17H2,1-5H3,(H,18,19). The smallest absolute Gasteiger partial charge is 0.339 e. The Morgan fingerprint density at radius 2 is 2.00 bits per heavy atom. The molecule has 116 valence electrons. The zero-order valence-electron chi connectivity index (χ0n) is 13.3. The Morgan fingerprint density at radius 1 is 1.38 bits per heavy atom. The van der Waals surface area contributed by atoms with Gasteiger partial charge in [0.05, 0.1) is 5.56 Å². The number of hydrogen-bond acceptors (Lipinski definition) is 4. The Balaban J connectivity index is 2.72. The summed E-state index contributed by atoms with van der Waals surface area (Å²) in [4.78, 5) is 24.1. The molecule has 0 aliphatic carbocycles. The van der Waals surface area contributed by atoms with Gasteiger partial charge in [-0.2, -0.15) is 0 Å². The van der Waals surface area contributed by atoms with E-state index < -0.39 is 12.1 Å². The van der Waals surface area contributed by atoms with Crippen LogP contribution in [0.5, 0.6) is 0 Å². The first-order valence-electron chi connectivity index (χ1n) is 7.05. The first-order valence-corrected chi connectivity index (χ1v) is 7.05. The fourth-order valence-corrected chi connectivity index (χ4v) is 1.72. The highest BCUT2D eigenvalue weighted by Crippen LogP contribution is 2.15. The Hall–Kier alpha value is -2.04. The summed E-state index contributed by atoms with van der Waals surface area (Å²) in [6.07, 6.45) is -0.0588. The van der Waals surface area contributed by atoms with Crippen LogP contribution < -0.4 is 11.1 Å². The van der Waals surface area contributed by atoms with Crippen LogP contribution in [0.4, 0.5) is 5.69 Å². The fraction of sp³-hybridized carbons (Fsp3) is 0.500. The summed E-state index contributed by atoms with van der Waals surface area (Å²) >= 11 is 0. The molecular weight excluding hydrogens is 268 g/mol. The summed E-state index contributed by atoms with van der Waals surface area (Å²) < 4.78 is 5.22. The first-order chi connectivity index (χ1) is 9.66. The molecule has 21 heavy (non-hydrogen) atoms. The van der Waals surface area contributed by atoms with E-state index in [1.807, 2.05) is 20.8 Å². The number of carbonyl (C=O) groups excluding carboxylic acids is 2. The van der Waals surface area contributed by atoms with Crippen molar-refractivity contribution in [2.45, 2.75) is 52.7 Å². The maximum Gasteiger partial charge on any atom is 0.339 e. The molecule has 1 rings (SSSR count). The number of hydrogen-bond donors (Lipinski definition) is 2. The summed E-state index contributed by atoms with van der Waals surface area (Å²) in [6.45, 7) is 9.16. The van der Waals surface area contributed by atoms with Crippen LogP contribution >= 0.6 is 0 Å². The van der Waals surface area contributed by atoms with E-state index in [2.05, 4.69) is 5.32 Å². The van der Waals surface area contributed by atoms with E-state index in [0.29, 0.717) is 11.3 Å². The zero-order chi connectivity index (χ0) is 16.2.